The lowest BCUT2D eigenvalue weighted by molar-refractivity contribution is -0.207. The Kier molecular flexibility index (Phi) is 20.5. The van der Waals surface area contributed by atoms with Crippen LogP contribution in [0.5, 0.6) is 0 Å². The second-order valence-electron chi connectivity index (χ2n) is 21.4. The highest BCUT2D eigenvalue weighted by Gasteiger charge is 2.83. The average molecular weight is 883 g/mol. The van der Waals surface area contributed by atoms with Crippen molar-refractivity contribution in [2.24, 2.45) is 40.4 Å². The van der Waals surface area contributed by atoms with Gasteiger partial charge in [0, 0.05) is 30.1 Å². The van der Waals surface area contributed by atoms with Gasteiger partial charge < -0.3 is 24.4 Å². The fraction of sp³-hybridized carbons (Fsp3) is 0.852. The predicted molar refractivity (Wildman–Crippen MR) is 251 cm³/mol. The molecule has 0 amide bonds. The first-order valence-electron chi connectivity index (χ1n) is 25.9. The summed E-state index contributed by atoms with van der Waals surface area (Å²) in [6, 6.07) is 0. The molecule has 360 valence electrons. The monoisotopic (exact) mass is 883 g/mol. The summed E-state index contributed by atoms with van der Waals surface area (Å²) < 4.78 is 18.6. The Bertz CT molecular complexity index is 1560. The van der Waals surface area contributed by atoms with Crippen molar-refractivity contribution in [2.75, 3.05) is 6.61 Å². The first-order valence-corrected chi connectivity index (χ1v) is 25.9. The molecule has 0 aromatic rings. The maximum absolute atomic E-state index is 15.4. The lowest BCUT2D eigenvalue weighted by Crippen LogP contribution is -2.66. The first kappa shape index (κ1) is 53.1. The molecule has 1 spiro atoms. The number of esters is 3. The molecule has 2 N–H and O–H groups in total. The highest BCUT2D eigenvalue weighted by molar-refractivity contribution is 5.96. The summed E-state index contributed by atoms with van der Waals surface area (Å²) in [7, 11) is 0. The van der Waals surface area contributed by atoms with Gasteiger partial charge in [-0.05, 0) is 49.2 Å². The zero-order valence-corrected chi connectivity index (χ0v) is 41.3. The molecular weight excluding hydrogens is 793 g/mol. The van der Waals surface area contributed by atoms with Crippen molar-refractivity contribution in [3.63, 3.8) is 0 Å². The number of Topliss-reactive ketones (excluding diaryl/α,β-unsaturated/α-hetero) is 1. The predicted octanol–water partition coefficient (Wildman–Crippen LogP) is 12.3. The van der Waals surface area contributed by atoms with E-state index < -0.39 is 69.9 Å². The van der Waals surface area contributed by atoms with Gasteiger partial charge in [-0.1, -0.05) is 196 Å². The van der Waals surface area contributed by atoms with E-state index in [0.717, 1.165) is 38.5 Å². The summed E-state index contributed by atoms with van der Waals surface area (Å²) in [6.07, 6.45) is 27.0. The summed E-state index contributed by atoms with van der Waals surface area (Å²) in [5.41, 5.74) is -4.89. The molecule has 0 radical (unpaired) electrons. The third kappa shape index (κ3) is 12.1. The smallest absolute Gasteiger partial charge is 0.309 e. The molecule has 0 aliphatic heterocycles. The van der Waals surface area contributed by atoms with E-state index in [9.17, 15) is 24.6 Å². The molecule has 4 rings (SSSR count). The van der Waals surface area contributed by atoms with Gasteiger partial charge in [-0.2, -0.15) is 0 Å². The van der Waals surface area contributed by atoms with E-state index in [2.05, 4.69) is 13.8 Å². The number of ketones is 1. The number of ether oxygens (including phenoxy) is 3. The van der Waals surface area contributed by atoms with Crippen LogP contribution in [-0.2, 0) is 33.4 Å². The van der Waals surface area contributed by atoms with Crippen LogP contribution in [0.2, 0.25) is 0 Å². The van der Waals surface area contributed by atoms with Gasteiger partial charge in [-0.3, -0.25) is 19.2 Å². The molecule has 4 aliphatic carbocycles. The summed E-state index contributed by atoms with van der Waals surface area (Å²) in [5.74, 6) is -3.98. The minimum atomic E-state index is -2.30. The van der Waals surface area contributed by atoms with Crippen molar-refractivity contribution in [1.29, 1.82) is 0 Å². The van der Waals surface area contributed by atoms with E-state index in [0.29, 0.717) is 18.4 Å². The molecule has 9 atom stereocenters. The quantitative estimate of drug-likeness (QED) is 0.0313. The second-order valence-corrected chi connectivity index (χ2v) is 21.4. The number of unbranched alkanes of at least 4 members (excludes halogenated alkanes) is 20. The molecule has 0 saturated heterocycles. The van der Waals surface area contributed by atoms with Gasteiger partial charge in [-0.25, -0.2) is 0 Å². The van der Waals surface area contributed by atoms with Crippen LogP contribution in [0.15, 0.2) is 23.3 Å². The van der Waals surface area contributed by atoms with E-state index in [4.69, 9.17) is 14.2 Å². The van der Waals surface area contributed by atoms with Crippen molar-refractivity contribution >= 4 is 23.7 Å². The highest BCUT2D eigenvalue weighted by Crippen LogP contribution is 2.75. The molecule has 2 saturated carbocycles. The molecule has 0 aromatic heterocycles. The zero-order chi connectivity index (χ0) is 46.4. The lowest BCUT2D eigenvalue weighted by atomic mass is 9.59. The number of hydrogen-bond acceptors (Lipinski definition) is 9. The largest absolute Gasteiger partial charge is 0.461 e. The molecular formula is C54H90O9. The van der Waals surface area contributed by atoms with Gasteiger partial charge in [0.15, 0.2) is 17.5 Å². The van der Waals surface area contributed by atoms with Gasteiger partial charge in [-0.15, -0.1) is 0 Å². The van der Waals surface area contributed by atoms with Crippen molar-refractivity contribution in [3.05, 3.63) is 23.3 Å². The number of hydrogen-bond donors (Lipinski definition) is 2. The maximum Gasteiger partial charge on any atom is 0.309 e. The number of allylic oxidation sites excluding steroid dienone is 1. The molecule has 0 heterocycles. The Hall–Kier alpha value is -2.52. The number of carbonyl (C=O) groups excluding carboxylic acids is 4. The van der Waals surface area contributed by atoms with E-state index in [-0.39, 0.29) is 42.7 Å². The number of rotatable bonds is 30. The van der Waals surface area contributed by atoms with Gasteiger partial charge in [0.05, 0.1) is 11.3 Å². The fourth-order valence-corrected chi connectivity index (χ4v) is 11.7. The highest BCUT2D eigenvalue weighted by atomic mass is 16.6. The lowest BCUT2D eigenvalue weighted by Gasteiger charge is -2.49. The molecule has 4 aliphatic rings. The molecule has 2 fully saturated rings. The van der Waals surface area contributed by atoms with Gasteiger partial charge in [0.2, 0.25) is 0 Å². The fourth-order valence-electron chi connectivity index (χ4n) is 11.7. The summed E-state index contributed by atoms with van der Waals surface area (Å²) in [4.78, 5) is 56.0. The SMILES string of the molecule is CCCCCCCCCCCCCCCC(=O)OCC1=C[C@@H]2C(=O)[C@]3(C=C(C)[C@H](OC(=O)C(C)C(C)C)[C@@]3(O)[C@@H]1O)[C@H](C)C[C@]1(OC(=O)CCCCCCCCCCC)[C@H]2C1(C)C. The minimum absolute atomic E-state index is 0.0436. The van der Waals surface area contributed by atoms with Crippen LogP contribution in [0.4, 0.5) is 0 Å². The van der Waals surface area contributed by atoms with Crippen molar-refractivity contribution in [1.82, 2.24) is 0 Å². The topological polar surface area (TPSA) is 136 Å². The van der Waals surface area contributed by atoms with Gasteiger partial charge >= 0.3 is 17.9 Å². The molecule has 9 nitrogen and oxygen atoms in total. The van der Waals surface area contributed by atoms with Crippen LogP contribution in [0.3, 0.4) is 0 Å². The third-order valence-corrected chi connectivity index (χ3v) is 16.1. The van der Waals surface area contributed by atoms with E-state index in [1.54, 1.807) is 26.0 Å². The summed E-state index contributed by atoms with van der Waals surface area (Å²) in [5, 5.41) is 25.7. The number of aliphatic hydroxyl groups is 2. The average Bonchev–Trinajstić information content (AvgIpc) is 3.64. The first-order chi connectivity index (χ1) is 30.0. The summed E-state index contributed by atoms with van der Waals surface area (Å²) >= 11 is 0. The van der Waals surface area contributed by atoms with Crippen molar-refractivity contribution in [3.8, 4) is 0 Å². The number of carbonyl (C=O) groups is 4. The van der Waals surface area contributed by atoms with Crippen molar-refractivity contribution in [2.45, 2.75) is 246 Å². The van der Waals surface area contributed by atoms with E-state index in [1.807, 2.05) is 34.6 Å². The number of aliphatic hydroxyl groups excluding tert-OH is 1. The van der Waals surface area contributed by atoms with Crippen LogP contribution >= 0.6 is 0 Å². The van der Waals surface area contributed by atoms with Crippen LogP contribution < -0.4 is 0 Å². The Labute approximate surface area is 382 Å². The van der Waals surface area contributed by atoms with Crippen molar-refractivity contribution < 1.29 is 43.6 Å². The third-order valence-electron chi connectivity index (χ3n) is 16.1. The minimum Gasteiger partial charge on any atom is -0.461 e. The Morgan fingerprint density at radius 1 is 0.746 bits per heavy atom. The molecule has 1 unspecified atom stereocenters. The normalized spacial score (nSPS) is 29.8. The molecule has 9 heteroatoms. The second kappa shape index (κ2) is 24.3. The van der Waals surface area contributed by atoms with Gasteiger partial charge in [0.1, 0.15) is 18.3 Å². The molecule has 0 aromatic carbocycles. The Balaban J connectivity index is 1.49. The van der Waals surface area contributed by atoms with E-state index >= 15 is 4.79 Å². The number of fused-ring (bicyclic) bond motifs is 3. The van der Waals surface area contributed by atoms with Gasteiger partial charge in [0.25, 0.3) is 0 Å². The van der Waals surface area contributed by atoms with E-state index in [1.165, 1.54) is 96.3 Å². The Morgan fingerprint density at radius 2 is 1.21 bits per heavy atom. The zero-order valence-electron chi connectivity index (χ0n) is 41.3. The van der Waals surface area contributed by atoms with Crippen LogP contribution in [0.1, 0.15) is 223 Å². The van der Waals surface area contributed by atoms with Crippen LogP contribution in [0.25, 0.3) is 0 Å². The van der Waals surface area contributed by atoms with Crippen LogP contribution in [-0.4, -0.2) is 63.9 Å². The Morgan fingerprint density at radius 3 is 1.68 bits per heavy atom. The summed E-state index contributed by atoms with van der Waals surface area (Å²) in [6.45, 7) is 17.4. The molecule has 2 bridgehead atoms. The molecule has 63 heavy (non-hydrogen) atoms. The maximum atomic E-state index is 15.4. The standard InChI is InChI=1S/C54H90O9/c1-10-12-14-16-18-20-21-22-23-25-26-28-30-32-44(55)61-37-42-34-43-46-51(8,9)53(46,63-45(56)33-31-29-27-24-19-17-15-13-11-2)36-40(6)52(48(43)58)35-39(5)49(54(52,60)47(42)57)62-50(59)41(7)38(3)4/h34-35,38,40-41,43,46-47,49,57,60H,10-33,36-37H2,1-9H3/t40-,41?,43+,46-,47-,49+,52+,53+,54+/m1/s1. The van der Waals surface area contributed by atoms with Crippen LogP contribution in [0, 0.1) is 40.4 Å².